The van der Waals surface area contributed by atoms with Crippen molar-refractivity contribution in [3.8, 4) is 0 Å². The molecule has 0 fully saturated rings. The van der Waals surface area contributed by atoms with Gasteiger partial charge in [-0.05, 0) is 42.7 Å². The average Bonchev–Trinajstić information content (AvgIpc) is 2.90. The fraction of sp³-hybridized carbons (Fsp3) is 0.222. The number of fused-ring (bicyclic) bond motifs is 1. The minimum Gasteiger partial charge on any atom is -0.348 e. The van der Waals surface area contributed by atoms with Gasteiger partial charge in [0.1, 0.15) is 6.04 Å². The maximum Gasteiger partial charge on any atom is 0.330 e. The van der Waals surface area contributed by atoms with E-state index in [4.69, 9.17) is 0 Å². The van der Waals surface area contributed by atoms with Crippen molar-refractivity contribution in [2.75, 3.05) is 0 Å². The van der Waals surface area contributed by atoms with E-state index in [1.165, 1.54) is 36.9 Å². The van der Waals surface area contributed by atoms with Crippen LogP contribution in [0.3, 0.4) is 0 Å². The third-order valence-electron chi connectivity index (χ3n) is 6.30. The second-order valence-corrected chi connectivity index (χ2v) is 10.6. The normalized spacial score (nSPS) is 13.3. The predicted octanol–water partition coefficient (Wildman–Crippen LogP) is 2.00. The summed E-state index contributed by atoms with van der Waals surface area (Å²) < 4.78 is 31.5. The molecule has 2 N–H and O–H groups in total. The van der Waals surface area contributed by atoms with Gasteiger partial charge in [0, 0.05) is 14.1 Å². The molecule has 4 aromatic rings. The Kier molecular flexibility index (Phi) is 7.42. The molecule has 0 aliphatic carbocycles. The molecule has 0 aliphatic rings. The van der Waals surface area contributed by atoms with Gasteiger partial charge in [-0.25, -0.2) is 13.2 Å². The van der Waals surface area contributed by atoms with Crippen molar-refractivity contribution >= 4 is 26.8 Å². The average molecular weight is 521 g/mol. The number of hydrogen-bond donors (Lipinski definition) is 2. The summed E-state index contributed by atoms with van der Waals surface area (Å²) in [5, 5.41) is 2.97. The zero-order valence-corrected chi connectivity index (χ0v) is 21.5. The largest absolute Gasteiger partial charge is 0.348 e. The molecule has 37 heavy (non-hydrogen) atoms. The maximum atomic E-state index is 13.4. The van der Waals surface area contributed by atoms with E-state index in [9.17, 15) is 22.8 Å². The van der Waals surface area contributed by atoms with Crippen molar-refractivity contribution in [1.29, 1.82) is 0 Å². The summed E-state index contributed by atoms with van der Waals surface area (Å²) in [4.78, 5) is 38.0. The van der Waals surface area contributed by atoms with Crippen LogP contribution in [0.4, 0.5) is 0 Å². The fourth-order valence-electron chi connectivity index (χ4n) is 4.17. The van der Waals surface area contributed by atoms with E-state index in [1.54, 1.807) is 0 Å². The number of nitrogens with one attached hydrogen (secondary N) is 2. The molecule has 0 spiro atoms. The van der Waals surface area contributed by atoms with Gasteiger partial charge in [-0.2, -0.15) is 4.72 Å². The van der Waals surface area contributed by atoms with Crippen molar-refractivity contribution in [3.63, 3.8) is 0 Å². The molecule has 10 heteroatoms. The smallest absolute Gasteiger partial charge is 0.330 e. The molecule has 0 aliphatic heterocycles. The quantitative estimate of drug-likeness (QED) is 0.368. The number of rotatable bonds is 8. The molecule has 192 valence electrons. The summed E-state index contributed by atoms with van der Waals surface area (Å²) in [7, 11) is -1.38. The summed E-state index contributed by atoms with van der Waals surface area (Å²) in [6.45, 7) is 1.82. The van der Waals surface area contributed by atoms with Crippen LogP contribution < -0.4 is 21.3 Å². The van der Waals surface area contributed by atoms with Gasteiger partial charge in [-0.1, -0.05) is 60.7 Å². The molecule has 0 saturated heterocycles. The molecular formula is C27H28N4O5S. The van der Waals surface area contributed by atoms with Crippen LogP contribution in [0.25, 0.3) is 10.9 Å². The van der Waals surface area contributed by atoms with Gasteiger partial charge in [0.2, 0.25) is 15.9 Å². The van der Waals surface area contributed by atoms with Crippen molar-refractivity contribution in [3.05, 3.63) is 111 Å². The van der Waals surface area contributed by atoms with E-state index in [2.05, 4.69) is 10.0 Å². The Morgan fingerprint density at radius 2 is 1.51 bits per heavy atom. The lowest BCUT2D eigenvalue weighted by molar-refractivity contribution is -0.123. The van der Waals surface area contributed by atoms with Crippen molar-refractivity contribution in [2.24, 2.45) is 14.1 Å². The molecule has 2 atom stereocenters. The van der Waals surface area contributed by atoms with E-state index < -0.39 is 33.2 Å². The third-order valence-corrected chi connectivity index (χ3v) is 7.77. The highest BCUT2D eigenvalue weighted by Crippen LogP contribution is 2.17. The van der Waals surface area contributed by atoms with Gasteiger partial charge in [0.15, 0.2) is 0 Å². The van der Waals surface area contributed by atoms with Gasteiger partial charge < -0.3 is 5.32 Å². The highest BCUT2D eigenvalue weighted by Gasteiger charge is 2.28. The molecular weight excluding hydrogens is 492 g/mol. The summed E-state index contributed by atoms with van der Waals surface area (Å²) >= 11 is 0. The zero-order chi connectivity index (χ0) is 26.7. The molecule has 0 bridgehead atoms. The van der Waals surface area contributed by atoms with Crippen LogP contribution in [-0.2, 0) is 35.3 Å². The van der Waals surface area contributed by atoms with Crippen LogP contribution in [0.2, 0.25) is 0 Å². The molecule has 4 rings (SSSR count). The Balaban J connectivity index is 1.68. The van der Waals surface area contributed by atoms with Crippen LogP contribution in [-0.4, -0.2) is 29.5 Å². The second kappa shape index (κ2) is 10.5. The Labute approximate surface area is 214 Å². The summed E-state index contributed by atoms with van der Waals surface area (Å²) in [5.74, 6) is -0.483. The Morgan fingerprint density at radius 1 is 0.892 bits per heavy atom. The Hall–Kier alpha value is -4.02. The minimum absolute atomic E-state index is 0.0780. The predicted molar refractivity (Wildman–Crippen MR) is 142 cm³/mol. The summed E-state index contributed by atoms with van der Waals surface area (Å²) in [6.07, 6.45) is 0.122. The monoisotopic (exact) mass is 520 g/mol. The third kappa shape index (κ3) is 5.55. The summed E-state index contributed by atoms with van der Waals surface area (Å²) in [5.41, 5.74) is 0.847. The molecule has 1 amide bonds. The lowest BCUT2D eigenvalue weighted by Crippen LogP contribution is -2.48. The fourth-order valence-corrected chi connectivity index (χ4v) is 5.39. The van der Waals surface area contributed by atoms with Gasteiger partial charge in [-0.3, -0.25) is 18.7 Å². The highest BCUT2D eigenvalue weighted by molar-refractivity contribution is 7.89. The van der Waals surface area contributed by atoms with Crippen LogP contribution in [0.1, 0.15) is 24.1 Å². The van der Waals surface area contributed by atoms with Crippen LogP contribution >= 0.6 is 0 Å². The second-order valence-electron chi connectivity index (χ2n) is 8.89. The van der Waals surface area contributed by atoms with Crippen LogP contribution in [0, 0.1) is 0 Å². The molecule has 0 unspecified atom stereocenters. The standard InChI is InChI=1S/C27H28N4O5S/c1-18(20-12-8-5-9-13-20)28-25(32)23(16-19-10-6-4-7-11-19)29-37(35,36)21-14-15-24-22(17-21)26(33)31(3)27(34)30(24)2/h4-15,17-18,23,29H,16H2,1-3H3,(H,28,32)/t18-,23+/m1/s1. The lowest BCUT2D eigenvalue weighted by Gasteiger charge is -2.22. The van der Waals surface area contributed by atoms with E-state index in [0.717, 1.165) is 15.7 Å². The number of aromatic nitrogens is 2. The Morgan fingerprint density at radius 3 is 2.16 bits per heavy atom. The first-order chi connectivity index (χ1) is 17.6. The van der Waals surface area contributed by atoms with Crippen molar-refractivity contribution in [2.45, 2.75) is 30.3 Å². The van der Waals surface area contributed by atoms with Gasteiger partial charge in [-0.15, -0.1) is 0 Å². The number of amides is 1. The number of aryl methyl sites for hydroxylation is 1. The van der Waals surface area contributed by atoms with Gasteiger partial charge in [0.25, 0.3) is 5.56 Å². The number of nitrogens with zero attached hydrogens (tertiary/aromatic N) is 2. The number of carbonyl (C=O) groups is 1. The Bertz CT molecular complexity index is 1660. The van der Waals surface area contributed by atoms with Gasteiger partial charge >= 0.3 is 5.69 Å². The number of carbonyl (C=O) groups excluding carboxylic acids is 1. The van der Waals surface area contributed by atoms with Crippen LogP contribution in [0.15, 0.2) is 93.3 Å². The molecule has 9 nitrogen and oxygen atoms in total. The topological polar surface area (TPSA) is 119 Å². The van der Waals surface area contributed by atoms with E-state index >= 15 is 0 Å². The van der Waals surface area contributed by atoms with Crippen LogP contribution in [0.5, 0.6) is 0 Å². The molecule has 1 heterocycles. The first kappa shape index (κ1) is 26.1. The maximum absolute atomic E-state index is 13.4. The van der Waals surface area contributed by atoms with E-state index in [0.29, 0.717) is 5.52 Å². The minimum atomic E-state index is -4.22. The first-order valence-electron chi connectivity index (χ1n) is 11.7. The van der Waals surface area contributed by atoms with E-state index in [-0.39, 0.29) is 22.7 Å². The molecule has 0 radical (unpaired) electrons. The van der Waals surface area contributed by atoms with E-state index in [1.807, 2.05) is 67.6 Å². The van der Waals surface area contributed by atoms with Crippen molar-refractivity contribution in [1.82, 2.24) is 19.2 Å². The van der Waals surface area contributed by atoms with Gasteiger partial charge in [0.05, 0.1) is 21.8 Å². The lowest BCUT2D eigenvalue weighted by atomic mass is 10.0. The zero-order valence-electron chi connectivity index (χ0n) is 20.7. The number of benzene rings is 3. The number of sulfonamides is 1. The summed E-state index contributed by atoms with van der Waals surface area (Å²) in [6, 6.07) is 20.9. The first-order valence-corrected chi connectivity index (χ1v) is 13.2. The number of hydrogen-bond acceptors (Lipinski definition) is 5. The highest BCUT2D eigenvalue weighted by atomic mass is 32.2. The van der Waals surface area contributed by atoms with Crippen molar-refractivity contribution < 1.29 is 13.2 Å². The molecule has 1 aromatic heterocycles. The molecule has 0 saturated carbocycles. The molecule has 3 aromatic carbocycles. The SMILES string of the molecule is C[C@@H](NC(=O)[C@H](Cc1ccccc1)NS(=O)(=O)c1ccc2c(c1)c(=O)n(C)c(=O)n2C)c1ccccc1.